The minimum Gasteiger partial charge on any atom is -0.480 e. The Bertz CT molecular complexity index is 995. The van der Waals surface area contributed by atoms with Crippen LogP contribution in [0, 0.1) is 113 Å². The molecular weight excluding hydrogens is 536 g/mol. The minimum atomic E-state index is -3.86. The Morgan fingerprint density at radius 1 is 1.39 bits per heavy atom. The van der Waals surface area contributed by atoms with Crippen LogP contribution in [-0.4, -0.2) is 34.3 Å². The SMILES string of the molecule is O=C(O)Cn1ncc2c1CCCC2NS(=O)(=O)c1c[nH]c(=O)c(Br)c1.[Ar].[Ar].[Ar]. The number of carboxylic acid groups (broad SMARTS) is 1. The first-order valence-corrected chi connectivity index (χ1v) is 9.72. The minimum absolute atomic E-state index is 0. The molecule has 2 aromatic heterocycles. The van der Waals surface area contributed by atoms with Crippen LogP contribution in [0.25, 0.3) is 0 Å². The third-order valence-electron chi connectivity index (χ3n) is 3.99. The predicted molar refractivity (Wildman–Crippen MR) is 90.6 cm³/mol. The van der Waals surface area contributed by atoms with Crippen molar-refractivity contribution in [2.24, 2.45) is 0 Å². The molecule has 0 radical (unpaired) electrons. The van der Waals surface area contributed by atoms with E-state index in [4.69, 9.17) is 5.11 Å². The Morgan fingerprint density at radius 2 is 2.07 bits per heavy atom. The van der Waals surface area contributed by atoms with Gasteiger partial charge in [0.05, 0.1) is 21.6 Å². The fraction of sp³-hybridized carbons (Fsp3) is 0.357. The Labute approximate surface area is 259 Å². The molecule has 0 saturated heterocycles. The first-order chi connectivity index (χ1) is 11.8. The van der Waals surface area contributed by atoms with E-state index in [1.165, 1.54) is 16.9 Å². The Hall–Kier alpha value is 1.80. The number of fused-ring (bicyclic) bond motifs is 1. The largest absolute Gasteiger partial charge is 0.480 e. The summed E-state index contributed by atoms with van der Waals surface area (Å²) in [6, 6.07) is 0.737. The summed E-state index contributed by atoms with van der Waals surface area (Å²) in [7, 11) is -3.86. The molecule has 3 N–H and O–H groups in total. The average molecular weight is 551 g/mol. The number of sulfonamides is 1. The predicted octanol–water partition coefficient (Wildman–Crippen LogP) is 0.774. The van der Waals surface area contributed by atoms with Crippen molar-refractivity contribution in [3.63, 3.8) is 0 Å². The Balaban J connectivity index is 0.00000243. The topological polar surface area (TPSA) is 134 Å². The number of hydrogen-bond donors (Lipinski definition) is 3. The average Bonchev–Trinajstić information content (AvgIpc) is 2.93. The van der Waals surface area contributed by atoms with Gasteiger partial charge in [-0.3, -0.25) is 14.3 Å². The molecule has 2 aromatic rings. The van der Waals surface area contributed by atoms with E-state index in [2.05, 4.69) is 30.7 Å². The van der Waals surface area contributed by atoms with E-state index in [1.807, 2.05) is 0 Å². The quantitative estimate of drug-likeness (QED) is 0.503. The molecule has 2 heterocycles. The fourth-order valence-corrected chi connectivity index (χ4v) is 4.61. The Morgan fingerprint density at radius 3 is 2.68 bits per heavy atom. The fourth-order valence-electron chi connectivity index (χ4n) is 2.85. The first kappa shape index (κ1) is 29.8. The molecule has 0 bridgehead atoms. The molecule has 9 nitrogen and oxygen atoms in total. The van der Waals surface area contributed by atoms with Crippen LogP contribution >= 0.6 is 15.9 Å². The van der Waals surface area contributed by atoms with Crippen molar-refractivity contribution in [2.45, 2.75) is 36.7 Å². The normalized spacial score (nSPS) is 15.4. The van der Waals surface area contributed by atoms with Crippen LogP contribution in [0.3, 0.4) is 0 Å². The van der Waals surface area contributed by atoms with Crippen LogP contribution in [0.1, 0.15) is 30.1 Å². The van der Waals surface area contributed by atoms with E-state index in [9.17, 15) is 18.0 Å². The van der Waals surface area contributed by atoms with Crippen molar-refractivity contribution >= 4 is 31.9 Å². The number of nitrogens with zero attached hydrogens (tertiary/aromatic N) is 2. The maximum Gasteiger partial charge on any atom is 0.325 e. The van der Waals surface area contributed by atoms with Crippen molar-refractivity contribution in [2.75, 3.05) is 0 Å². The number of aromatic amines is 1. The zero-order valence-electron chi connectivity index (χ0n) is 14.0. The van der Waals surface area contributed by atoms with Gasteiger partial charge in [0, 0.05) is 131 Å². The molecule has 0 fully saturated rings. The molecule has 28 heavy (non-hydrogen) atoms. The number of aliphatic carboxylic acids is 1. The number of rotatable bonds is 5. The van der Waals surface area contributed by atoms with Crippen LogP contribution < -0.4 is 10.3 Å². The van der Waals surface area contributed by atoms with Crippen LogP contribution in [0.5, 0.6) is 0 Å². The number of hydrogen-bond acceptors (Lipinski definition) is 5. The summed E-state index contributed by atoms with van der Waals surface area (Å²) >= 11 is 3.01. The van der Waals surface area contributed by atoms with Crippen molar-refractivity contribution in [3.05, 3.63) is 44.5 Å². The first-order valence-electron chi connectivity index (χ1n) is 7.45. The Kier molecular flexibility index (Phi) is 13.6. The molecule has 1 aliphatic rings. The molecule has 0 aromatic carbocycles. The molecule has 1 aliphatic carbocycles. The summed E-state index contributed by atoms with van der Waals surface area (Å²) < 4.78 is 29.3. The summed E-state index contributed by atoms with van der Waals surface area (Å²) in [5, 5.41) is 13.0. The monoisotopic (exact) mass is 550 g/mol. The second-order valence-electron chi connectivity index (χ2n) is 5.68. The van der Waals surface area contributed by atoms with Crippen molar-refractivity contribution < 1.29 is 132 Å². The smallest absolute Gasteiger partial charge is 0.325 e. The summed E-state index contributed by atoms with van der Waals surface area (Å²) in [6.45, 7) is -0.262. The van der Waals surface area contributed by atoms with Crippen LogP contribution in [-0.2, 0) is 27.8 Å². The molecule has 0 amide bonds. The summed E-state index contributed by atoms with van der Waals surface area (Å²) in [5.74, 6) is -1.01. The van der Waals surface area contributed by atoms with Gasteiger partial charge in [-0.05, 0) is 41.3 Å². The second kappa shape index (κ2) is 12.7. The van der Waals surface area contributed by atoms with Gasteiger partial charge in [-0.2, -0.15) is 5.10 Å². The molecule has 14 heteroatoms. The van der Waals surface area contributed by atoms with Crippen molar-refractivity contribution in [3.8, 4) is 0 Å². The van der Waals surface area contributed by atoms with Gasteiger partial charge in [-0.1, -0.05) is 0 Å². The zero-order valence-corrected chi connectivity index (χ0v) is 18.5. The maximum absolute atomic E-state index is 12.6. The van der Waals surface area contributed by atoms with Gasteiger partial charge in [0.1, 0.15) is 6.54 Å². The number of halogens is 1. The van der Waals surface area contributed by atoms with Crippen molar-refractivity contribution in [1.29, 1.82) is 0 Å². The number of carboxylic acids is 1. The number of pyridine rings is 1. The number of nitrogens with one attached hydrogen (secondary N) is 2. The van der Waals surface area contributed by atoms with Gasteiger partial charge in [0.25, 0.3) is 5.56 Å². The summed E-state index contributed by atoms with van der Waals surface area (Å²) in [6.07, 6.45) is 4.57. The van der Waals surface area contributed by atoms with E-state index in [1.54, 1.807) is 0 Å². The van der Waals surface area contributed by atoms with Gasteiger partial charge < -0.3 is 10.1 Å². The van der Waals surface area contributed by atoms with E-state index in [0.717, 1.165) is 11.9 Å². The van der Waals surface area contributed by atoms with Crippen LogP contribution in [0.15, 0.2) is 32.6 Å². The molecule has 1 unspecified atom stereocenters. The number of carbonyl (C=O) groups is 1. The van der Waals surface area contributed by atoms with Gasteiger partial charge in [0.15, 0.2) is 0 Å². The number of aromatic nitrogens is 3. The van der Waals surface area contributed by atoms with Gasteiger partial charge >= 0.3 is 5.97 Å². The van der Waals surface area contributed by atoms with Crippen molar-refractivity contribution in [1.82, 2.24) is 19.5 Å². The van der Waals surface area contributed by atoms with Crippen LogP contribution in [0.4, 0.5) is 0 Å². The zero-order chi connectivity index (χ0) is 18.2. The standard InChI is InChI=1S/C14H15BrN4O5S.3Ar/c15-10-4-8(5-16-14(10)22)25(23,24)18-11-2-1-3-12-9(11)6-17-19(12)7-13(20)21;;;/h4-6,11,18H,1-3,7H2,(H,16,22)(H,20,21);;;. The molecule has 158 valence electrons. The van der Waals surface area contributed by atoms with E-state index in [-0.39, 0.29) is 129 Å². The third-order valence-corrected chi connectivity index (χ3v) is 6.03. The molecule has 0 saturated carbocycles. The second-order valence-corrected chi connectivity index (χ2v) is 8.24. The van der Waals surface area contributed by atoms with Gasteiger partial charge in [0.2, 0.25) is 10.0 Å². The summed E-state index contributed by atoms with van der Waals surface area (Å²) in [4.78, 5) is 24.6. The molecule has 1 atom stereocenters. The molecular formula is C14H15Ar3BrN4O5S. The van der Waals surface area contributed by atoms with E-state index >= 15 is 0 Å². The van der Waals surface area contributed by atoms with E-state index in [0.29, 0.717) is 24.8 Å². The van der Waals surface area contributed by atoms with Crippen LogP contribution in [0.2, 0.25) is 0 Å². The third kappa shape index (κ3) is 7.16. The van der Waals surface area contributed by atoms with E-state index < -0.39 is 27.6 Å². The molecule has 3 rings (SSSR count). The van der Waals surface area contributed by atoms with Gasteiger partial charge in [-0.25, -0.2) is 13.1 Å². The summed E-state index contributed by atoms with van der Waals surface area (Å²) in [5.41, 5.74) is 0.984. The molecule has 0 spiro atoms. The maximum atomic E-state index is 12.6. The molecule has 0 aliphatic heterocycles. The number of H-pyrrole nitrogens is 1. The van der Waals surface area contributed by atoms with Gasteiger partial charge in [-0.15, -0.1) is 0 Å².